The fraction of sp³-hybridized carbons (Fsp3) is 0.455. The lowest BCUT2D eigenvalue weighted by Gasteiger charge is -2.32. The van der Waals surface area contributed by atoms with Crippen molar-refractivity contribution in [2.24, 2.45) is 12.8 Å². The summed E-state index contributed by atoms with van der Waals surface area (Å²) in [6.07, 6.45) is 3.46. The number of aryl methyl sites for hydroxylation is 1. The Hall–Kier alpha value is -1.04. The quantitative estimate of drug-likeness (QED) is 0.859. The number of imidazole rings is 1. The molecule has 0 unspecified atom stereocenters. The van der Waals surface area contributed by atoms with Gasteiger partial charge in [0.15, 0.2) is 5.65 Å². The zero-order valence-corrected chi connectivity index (χ0v) is 11.6. The summed E-state index contributed by atoms with van der Waals surface area (Å²) >= 11 is 0. The van der Waals surface area contributed by atoms with Gasteiger partial charge in [-0.25, -0.2) is 9.78 Å². The Morgan fingerprint density at radius 2 is 2.06 bits per heavy atom. The van der Waals surface area contributed by atoms with Gasteiger partial charge in [0.25, 0.3) is 0 Å². The summed E-state index contributed by atoms with van der Waals surface area (Å²) in [5, 5.41) is 0. The minimum atomic E-state index is 0. The van der Waals surface area contributed by atoms with Gasteiger partial charge in [-0.1, -0.05) is 0 Å². The van der Waals surface area contributed by atoms with E-state index in [0.717, 1.165) is 24.0 Å². The van der Waals surface area contributed by atoms with Gasteiger partial charge in [-0.15, -0.1) is 24.8 Å². The van der Waals surface area contributed by atoms with Gasteiger partial charge < -0.3 is 5.73 Å². The fourth-order valence-electron chi connectivity index (χ4n) is 2.36. The first-order chi connectivity index (χ1) is 7.68. The summed E-state index contributed by atoms with van der Waals surface area (Å²) in [6, 6.07) is 4.22. The zero-order valence-electron chi connectivity index (χ0n) is 9.94. The molecule has 1 saturated carbocycles. The second-order valence-electron chi connectivity index (χ2n) is 4.44. The number of fused-ring (bicyclic) bond motifs is 1. The van der Waals surface area contributed by atoms with E-state index in [4.69, 9.17) is 5.73 Å². The Morgan fingerprint density at radius 1 is 1.39 bits per heavy atom. The maximum atomic E-state index is 12.1. The first-order valence-electron chi connectivity index (χ1n) is 5.46. The van der Waals surface area contributed by atoms with Crippen LogP contribution in [0.2, 0.25) is 0 Å². The second-order valence-corrected chi connectivity index (χ2v) is 4.44. The minimum Gasteiger partial charge on any atom is -0.328 e. The summed E-state index contributed by atoms with van der Waals surface area (Å²) in [7, 11) is 1.78. The molecule has 3 rings (SSSR count). The third kappa shape index (κ3) is 2.02. The van der Waals surface area contributed by atoms with E-state index < -0.39 is 0 Å². The monoisotopic (exact) mass is 290 g/mol. The van der Waals surface area contributed by atoms with Gasteiger partial charge in [0.2, 0.25) is 0 Å². The molecular weight excluding hydrogens is 275 g/mol. The van der Waals surface area contributed by atoms with Crippen LogP contribution in [0.3, 0.4) is 0 Å². The maximum absolute atomic E-state index is 12.1. The van der Waals surface area contributed by atoms with Crippen LogP contribution in [-0.4, -0.2) is 20.2 Å². The minimum absolute atomic E-state index is 0. The SMILES string of the molecule is Cl.Cl.Cn1c(=O)n(C2CC(N)C2)c2ncccc21. The molecule has 2 heterocycles. The Kier molecular flexibility index (Phi) is 4.42. The van der Waals surface area contributed by atoms with Gasteiger partial charge in [-0.05, 0) is 25.0 Å². The third-order valence-corrected chi connectivity index (χ3v) is 3.36. The van der Waals surface area contributed by atoms with Crippen molar-refractivity contribution in [3.05, 3.63) is 28.8 Å². The van der Waals surface area contributed by atoms with E-state index in [1.165, 1.54) is 0 Å². The molecule has 0 saturated heterocycles. The average Bonchev–Trinajstić information content (AvgIpc) is 2.49. The molecule has 0 spiro atoms. The summed E-state index contributed by atoms with van der Waals surface area (Å²) in [6.45, 7) is 0. The zero-order chi connectivity index (χ0) is 11.3. The van der Waals surface area contributed by atoms with Crippen molar-refractivity contribution in [2.45, 2.75) is 24.9 Å². The average molecular weight is 291 g/mol. The summed E-state index contributed by atoms with van der Waals surface area (Å²) in [4.78, 5) is 16.4. The molecule has 7 heteroatoms. The number of hydrogen-bond donors (Lipinski definition) is 1. The molecule has 0 radical (unpaired) electrons. The molecule has 0 amide bonds. The predicted molar refractivity (Wildman–Crippen MR) is 75.7 cm³/mol. The number of rotatable bonds is 1. The Morgan fingerprint density at radius 3 is 2.67 bits per heavy atom. The van der Waals surface area contributed by atoms with E-state index in [1.54, 1.807) is 22.4 Å². The molecule has 1 aliphatic rings. The molecule has 2 N–H and O–H groups in total. The van der Waals surface area contributed by atoms with E-state index in [-0.39, 0.29) is 42.6 Å². The van der Waals surface area contributed by atoms with Gasteiger partial charge in [0.1, 0.15) is 0 Å². The number of halogens is 2. The molecule has 2 aromatic rings. The topological polar surface area (TPSA) is 65.8 Å². The van der Waals surface area contributed by atoms with E-state index in [1.807, 2.05) is 12.1 Å². The number of nitrogens with zero attached hydrogens (tertiary/aromatic N) is 3. The van der Waals surface area contributed by atoms with Crippen molar-refractivity contribution in [1.82, 2.24) is 14.1 Å². The third-order valence-electron chi connectivity index (χ3n) is 3.36. The lowest BCUT2D eigenvalue weighted by atomic mass is 9.87. The highest BCUT2D eigenvalue weighted by Crippen LogP contribution is 2.31. The summed E-state index contributed by atoms with van der Waals surface area (Å²) in [5.74, 6) is 0. The van der Waals surface area contributed by atoms with Gasteiger partial charge in [-0.2, -0.15) is 0 Å². The van der Waals surface area contributed by atoms with Gasteiger partial charge in [0, 0.05) is 25.3 Å². The Labute approximate surface area is 117 Å². The highest BCUT2D eigenvalue weighted by molar-refractivity contribution is 5.85. The smallest absolute Gasteiger partial charge is 0.328 e. The van der Waals surface area contributed by atoms with Crippen LogP contribution in [0.25, 0.3) is 11.2 Å². The van der Waals surface area contributed by atoms with Crippen LogP contribution in [0.15, 0.2) is 23.1 Å². The van der Waals surface area contributed by atoms with Crippen molar-refractivity contribution in [1.29, 1.82) is 0 Å². The van der Waals surface area contributed by atoms with Gasteiger partial charge in [0.05, 0.1) is 5.52 Å². The van der Waals surface area contributed by atoms with Crippen LogP contribution in [-0.2, 0) is 7.05 Å². The van der Waals surface area contributed by atoms with Crippen LogP contribution in [0.1, 0.15) is 18.9 Å². The molecule has 100 valence electrons. The van der Waals surface area contributed by atoms with Crippen molar-refractivity contribution in [3.8, 4) is 0 Å². The standard InChI is InChI=1S/C11H14N4O.2ClH/c1-14-9-3-2-4-13-10(9)15(11(14)16)8-5-7(12)6-8;;/h2-4,7-8H,5-6,12H2,1H3;2*1H. The molecule has 5 nitrogen and oxygen atoms in total. The Balaban J connectivity index is 0.000000810. The molecular formula is C11H16Cl2N4O. The largest absolute Gasteiger partial charge is 0.330 e. The van der Waals surface area contributed by atoms with Gasteiger partial charge >= 0.3 is 5.69 Å². The Bertz CT molecular complexity index is 601. The van der Waals surface area contributed by atoms with E-state index in [9.17, 15) is 4.79 Å². The summed E-state index contributed by atoms with van der Waals surface area (Å²) in [5.41, 5.74) is 7.42. The number of hydrogen-bond acceptors (Lipinski definition) is 3. The molecule has 1 aliphatic carbocycles. The van der Waals surface area contributed by atoms with Crippen LogP contribution in [0.5, 0.6) is 0 Å². The molecule has 0 bridgehead atoms. The maximum Gasteiger partial charge on any atom is 0.330 e. The van der Waals surface area contributed by atoms with E-state index in [2.05, 4.69) is 4.98 Å². The van der Waals surface area contributed by atoms with E-state index >= 15 is 0 Å². The molecule has 1 fully saturated rings. The lowest BCUT2D eigenvalue weighted by Crippen LogP contribution is -2.41. The number of pyridine rings is 1. The van der Waals surface area contributed by atoms with Crippen LogP contribution < -0.4 is 11.4 Å². The first-order valence-corrected chi connectivity index (χ1v) is 5.46. The predicted octanol–water partition coefficient (Wildman–Crippen LogP) is 1.24. The normalized spacial score (nSPS) is 21.9. The first kappa shape index (κ1) is 15.0. The van der Waals surface area contributed by atoms with Crippen molar-refractivity contribution >= 4 is 36.0 Å². The van der Waals surface area contributed by atoms with E-state index in [0.29, 0.717) is 0 Å². The number of aromatic nitrogens is 3. The highest BCUT2D eigenvalue weighted by Gasteiger charge is 2.30. The molecule has 0 aliphatic heterocycles. The second kappa shape index (κ2) is 5.30. The van der Waals surface area contributed by atoms with Crippen molar-refractivity contribution < 1.29 is 0 Å². The van der Waals surface area contributed by atoms with Crippen LogP contribution in [0.4, 0.5) is 0 Å². The molecule has 18 heavy (non-hydrogen) atoms. The fourth-order valence-corrected chi connectivity index (χ4v) is 2.36. The van der Waals surface area contributed by atoms with Crippen LogP contribution >= 0.6 is 24.8 Å². The van der Waals surface area contributed by atoms with Crippen LogP contribution in [0, 0.1) is 0 Å². The van der Waals surface area contributed by atoms with Crippen molar-refractivity contribution in [3.63, 3.8) is 0 Å². The number of nitrogens with two attached hydrogens (primary N) is 1. The highest BCUT2D eigenvalue weighted by atomic mass is 35.5. The lowest BCUT2D eigenvalue weighted by molar-refractivity contribution is 0.264. The molecule has 0 atom stereocenters. The van der Waals surface area contributed by atoms with Crippen molar-refractivity contribution in [2.75, 3.05) is 0 Å². The molecule has 0 aromatic carbocycles. The summed E-state index contributed by atoms with van der Waals surface area (Å²) < 4.78 is 3.42. The molecule has 2 aromatic heterocycles. The van der Waals surface area contributed by atoms with Gasteiger partial charge in [-0.3, -0.25) is 9.13 Å².